The van der Waals surface area contributed by atoms with Crippen LogP contribution in [0.25, 0.3) is 11.0 Å². The second-order valence-corrected chi connectivity index (χ2v) is 9.78. The molecule has 1 amide bonds. The highest BCUT2D eigenvalue weighted by atomic mass is 35.5. The first-order valence-corrected chi connectivity index (χ1v) is 12.2. The molecule has 0 bridgehead atoms. The minimum Gasteiger partial charge on any atom is -0.462 e. The van der Waals surface area contributed by atoms with Gasteiger partial charge < -0.3 is 9.15 Å². The zero-order valence-corrected chi connectivity index (χ0v) is 21.0. The summed E-state index contributed by atoms with van der Waals surface area (Å²) in [5.41, 5.74) is 3.32. The lowest BCUT2D eigenvalue weighted by atomic mass is 9.97. The predicted octanol–water partition coefficient (Wildman–Crippen LogP) is 5.75. The van der Waals surface area contributed by atoms with Gasteiger partial charge in [0.15, 0.2) is 10.6 Å². The van der Waals surface area contributed by atoms with Gasteiger partial charge in [0.25, 0.3) is 5.91 Å². The van der Waals surface area contributed by atoms with Crippen LogP contribution in [0.15, 0.2) is 45.6 Å². The van der Waals surface area contributed by atoms with Crippen LogP contribution in [-0.2, 0) is 4.74 Å². The molecule has 178 valence electrons. The van der Waals surface area contributed by atoms with Crippen molar-refractivity contribution in [1.82, 2.24) is 4.98 Å². The molecular formula is C26H21ClN2O5S. The Hall–Kier alpha value is -3.49. The summed E-state index contributed by atoms with van der Waals surface area (Å²) < 4.78 is 11.2. The van der Waals surface area contributed by atoms with Crippen LogP contribution in [0.5, 0.6) is 0 Å². The fraction of sp³-hybridized carbons (Fsp3) is 0.231. The molecule has 1 atom stereocenters. The standard InChI is InChI=1S/C26H21ClN2O5S/c1-5-33-25(32)23-14(4)28-26(35-23)29-20(15-6-8-16(27)9-7-15)19-21(30)17-10-12(2)13(3)11-18(17)34-22(19)24(29)31/h6-11,20H,5H2,1-4H3. The number of benzene rings is 2. The van der Waals surface area contributed by atoms with Crippen molar-refractivity contribution in [3.8, 4) is 0 Å². The minimum absolute atomic E-state index is 0.0313. The number of halogens is 1. The SMILES string of the molecule is CCOC(=O)c1sc(N2C(=O)c3oc4cc(C)c(C)cc4c(=O)c3C2c2ccc(Cl)cc2)nc1C. The summed E-state index contributed by atoms with van der Waals surface area (Å²) in [5.74, 6) is -1.04. The van der Waals surface area contributed by atoms with Crippen molar-refractivity contribution >= 4 is 50.9 Å². The third-order valence-electron chi connectivity index (χ3n) is 6.12. The molecule has 5 rings (SSSR count). The van der Waals surface area contributed by atoms with Gasteiger partial charge in [-0.1, -0.05) is 35.1 Å². The molecule has 0 N–H and O–H groups in total. The Balaban J connectivity index is 1.76. The van der Waals surface area contributed by atoms with Crippen molar-refractivity contribution in [2.45, 2.75) is 33.7 Å². The Kier molecular flexibility index (Phi) is 5.73. The lowest BCUT2D eigenvalue weighted by Gasteiger charge is -2.22. The Morgan fingerprint density at radius 1 is 1.14 bits per heavy atom. The van der Waals surface area contributed by atoms with E-state index in [1.165, 1.54) is 4.90 Å². The van der Waals surface area contributed by atoms with Crippen LogP contribution in [0.4, 0.5) is 5.13 Å². The summed E-state index contributed by atoms with van der Waals surface area (Å²) in [6.45, 7) is 7.46. The molecule has 1 aliphatic rings. The van der Waals surface area contributed by atoms with Crippen molar-refractivity contribution in [3.05, 3.63) is 90.2 Å². The van der Waals surface area contributed by atoms with Gasteiger partial charge in [-0.15, -0.1) is 0 Å². The van der Waals surface area contributed by atoms with Gasteiger partial charge in [0.05, 0.1) is 29.3 Å². The molecule has 1 unspecified atom stereocenters. The van der Waals surface area contributed by atoms with Crippen molar-refractivity contribution in [2.24, 2.45) is 0 Å². The Morgan fingerprint density at radius 3 is 2.51 bits per heavy atom. The molecule has 0 spiro atoms. The van der Waals surface area contributed by atoms with Gasteiger partial charge in [0.2, 0.25) is 5.76 Å². The molecule has 35 heavy (non-hydrogen) atoms. The molecule has 0 aliphatic carbocycles. The fourth-order valence-electron chi connectivity index (χ4n) is 4.26. The number of esters is 1. The van der Waals surface area contributed by atoms with Gasteiger partial charge in [-0.2, -0.15) is 0 Å². The summed E-state index contributed by atoms with van der Waals surface area (Å²) in [4.78, 5) is 46.1. The number of ether oxygens (including phenoxy) is 1. The van der Waals surface area contributed by atoms with Crippen LogP contribution < -0.4 is 10.3 Å². The van der Waals surface area contributed by atoms with Crippen molar-refractivity contribution < 1.29 is 18.7 Å². The van der Waals surface area contributed by atoms with Crippen LogP contribution in [0.3, 0.4) is 0 Å². The molecule has 0 saturated carbocycles. The van der Waals surface area contributed by atoms with Crippen molar-refractivity contribution in [1.29, 1.82) is 0 Å². The molecule has 1 aliphatic heterocycles. The highest BCUT2D eigenvalue weighted by molar-refractivity contribution is 7.17. The maximum atomic E-state index is 13.8. The van der Waals surface area contributed by atoms with Gasteiger partial charge in [0, 0.05) is 5.02 Å². The first-order chi connectivity index (χ1) is 16.7. The second-order valence-electron chi connectivity index (χ2n) is 8.37. The number of aryl methyl sites for hydroxylation is 3. The fourth-order valence-corrected chi connectivity index (χ4v) is 5.37. The Labute approximate surface area is 209 Å². The highest BCUT2D eigenvalue weighted by Gasteiger charge is 2.45. The number of rotatable bonds is 4. The molecule has 0 saturated heterocycles. The van der Waals surface area contributed by atoms with E-state index in [2.05, 4.69) is 4.98 Å². The van der Waals surface area contributed by atoms with Gasteiger partial charge in [0.1, 0.15) is 10.5 Å². The largest absolute Gasteiger partial charge is 0.462 e. The summed E-state index contributed by atoms with van der Waals surface area (Å²) in [6.07, 6.45) is 0. The Morgan fingerprint density at radius 2 is 1.83 bits per heavy atom. The van der Waals surface area contributed by atoms with Crippen LogP contribution in [0.1, 0.15) is 61.1 Å². The van der Waals surface area contributed by atoms with Gasteiger partial charge >= 0.3 is 5.97 Å². The maximum absolute atomic E-state index is 13.8. The summed E-state index contributed by atoms with van der Waals surface area (Å²) >= 11 is 7.15. The molecule has 2 aromatic heterocycles. The zero-order chi connectivity index (χ0) is 25.0. The topological polar surface area (TPSA) is 89.7 Å². The van der Waals surface area contributed by atoms with Crippen LogP contribution in [-0.4, -0.2) is 23.5 Å². The molecular weight excluding hydrogens is 488 g/mol. The third-order valence-corrected chi connectivity index (χ3v) is 7.51. The number of carbonyl (C=O) groups is 2. The predicted molar refractivity (Wildman–Crippen MR) is 135 cm³/mol. The number of fused-ring (bicyclic) bond motifs is 2. The molecule has 0 radical (unpaired) electrons. The first-order valence-electron chi connectivity index (χ1n) is 11.0. The van der Waals surface area contributed by atoms with E-state index in [0.717, 1.165) is 22.5 Å². The quantitative estimate of drug-likeness (QED) is 0.326. The number of carbonyl (C=O) groups excluding carboxylic acids is 2. The number of anilines is 1. The summed E-state index contributed by atoms with van der Waals surface area (Å²) in [5, 5.41) is 1.21. The lowest BCUT2D eigenvalue weighted by Crippen LogP contribution is -2.29. The van der Waals surface area contributed by atoms with Gasteiger partial charge in [-0.3, -0.25) is 14.5 Å². The summed E-state index contributed by atoms with van der Waals surface area (Å²) in [6, 6.07) is 9.69. The average molecular weight is 509 g/mol. The molecule has 3 heterocycles. The maximum Gasteiger partial charge on any atom is 0.350 e. The molecule has 2 aromatic carbocycles. The molecule has 4 aromatic rings. The van der Waals surface area contributed by atoms with Crippen LogP contribution in [0.2, 0.25) is 5.02 Å². The smallest absolute Gasteiger partial charge is 0.350 e. The van der Waals surface area contributed by atoms with E-state index in [9.17, 15) is 14.4 Å². The monoisotopic (exact) mass is 508 g/mol. The van der Waals surface area contributed by atoms with E-state index < -0.39 is 17.9 Å². The number of aromatic nitrogens is 1. The Bertz CT molecular complexity index is 1570. The average Bonchev–Trinajstić information content (AvgIpc) is 3.34. The molecule has 0 fully saturated rings. The lowest BCUT2D eigenvalue weighted by molar-refractivity contribution is 0.0531. The molecule has 9 heteroatoms. The number of amides is 1. The normalized spacial score (nSPS) is 15.1. The summed E-state index contributed by atoms with van der Waals surface area (Å²) in [7, 11) is 0. The highest BCUT2D eigenvalue weighted by Crippen LogP contribution is 2.43. The zero-order valence-electron chi connectivity index (χ0n) is 19.5. The number of hydrogen-bond acceptors (Lipinski definition) is 7. The van der Waals surface area contributed by atoms with Crippen molar-refractivity contribution in [2.75, 3.05) is 11.5 Å². The number of nitrogens with zero attached hydrogens (tertiary/aromatic N) is 2. The van der Waals surface area contributed by atoms with Crippen LogP contribution in [0, 0.1) is 20.8 Å². The number of hydrogen-bond donors (Lipinski definition) is 0. The van der Waals surface area contributed by atoms with E-state index >= 15 is 0 Å². The second kappa shape index (κ2) is 8.62. The van der Waals surface area contributed by atoms with E-state index in [-0.39, 0.29) is 28.5 Å². The van der Waals surface area contributed by atoms with Gasteiger partial charge in [-0.05, 0) is 68.7 Å². The first kappa shape index (κ1) is 23.3. The van der Waals surface area contributed by atoms with E-state index in [0.29, 0.717) is 32.1 Å². The van der Waals surface area contributed by atoms with Crippen molar-refractivity contribution in [3.63, 3.8) is 0 Å². The minimum atomic E-state index is -0.794. The molecule has 7 nitrogen and oxygen atoms in total. The number of thiazole rings is 1. The van der Waals surface area contributed by atoms with Crippen LogP contribution >= 0.6 is 22.9 Å². The van der Waals surface area contributed by atoms with E-state index in [1.54, 1.807) is 50.2 Å². The van der Waals surface area contributed by atoms with E-state index in [1.807, 2.05) is 13.8 Å². The third kappa shape index (κ3) is 3.73. The van der Waals surface area contributed by atoms with Gasteiger partial charge in [-0.25, -0.2) is 9.78 Å². The van der Waals surface area contributed by atoms with E-state index in [4.69, 9.17) is 20.8 Å².